The van der Waals surface area contributed by atoms with Crippen LogP contribution in [-0.4, -0.2) is 22.0 Å². The van der Waals surface area contributed by atoms with E-state index in [0.29, 0.717) is 11.3 Å². The summed E-state index contributed by atoms with van der Waals surface area (Å²) >= 11 is 1.34. The zero-order valence-corrected chi connectivity index (χ0v) is 14.1. The number of thioether (sulfide) groups is 1. The second-order valence-corrected chi connectivity index (χ2v) is 6.80. The Morgan fingerprint density at radius 1 is 1.28 bits per heavy atom. The van der Waals surface area contributed by atoms with Gasteiger partial charge in [0, 0.05) is 17.4 Å². The Bertz CT molecular complexity index is 869. The summed E-state index contributed by atoms with van der Waals surface area (Å²) in [7, 11) is 0. The number of hydrogen-bond acceptors (Lipinski definition) is 5. The van der Waals surface area contributed by atoms with E-state index in [4.69, 9.17) is 0 Å². The maximum atomic E-state index is 12.3. The predicted molar refractivity (Wildman–Crippen MR) is 95.8 cm³/mol. The van der Waals surface area contributed by atoms with Gasteiger partial charge in [-0.3, -0.25) is 19.7 Å². The van der Waals surface area contributed by atoms with Crippen LogP contribution < -0.4 is 10.6 Å². The lowest BCUT2D eigenvalue weighted by molar-refractivity contribution is -0.385. The zero-order valence-electron chi connectivity index (χ0n) is 13.3. The number of nitrogens with one attached hydrogen (secondary N) is 2. The number of hydrogen-bond donors (Lipinski definition) is 2. The number of carbonyl (C=O) groups excluding carboxylic acids is 2. The minimum absolute atomic E-state index is 0.0209. The summed E-state index contributed by atoms with van der Waals surface area (Å²) in [6, 6.07) is 11.9. The van der Waals surface area contributed by atoms with Gasteiger partial charge < -0.3 is 10.6 Å². The topological polar surface area (TPSA) is 101 Å². The van der Waals surface area contributed by atoms with Crippen molar-refractivity contribution in [2.75, 3.05) is 10.6 Å². The molecule has 0 saturated heterocycles. The highest BCUT2D eigenvalue weighted by Crippen LogP contribution is 2.36. The Kier molecular flexibility index (Phi) is 4.71. The van der Waals surface area contributed by atoms with Crippen molar-refractivity contribution in [1.29, 1.82) is 0 Å². The van der Waals surface area contributed by atoms with Crippen LogP contribution in [0.2, 0.25) is 0 Å². The lowest BCUT2D eigenvalue weighted by Crippen LogP contribution is -2.32. The molecule has 2 N–H and O–H groups in total. The van der Waals surface area contributed by atoms with Crippen LogP contribution in [0.5, 0.6) is 0 Å². The van der Waals surface area contributed by atoms with Crippen molar-refractivity contribution in [2.45, 2.75) is 23.5 Å². The first-order valence-electron chi connectivity index (χ1n) is 7.56. The molecule has 128 valence electrons. The fraction of sp³-hybridized carbons (Fsp3) is 0.176. The van der Waals surface area contributed by atoms with Gasteiger partial charge in [-0.25, -0.2) is 0 Å². The Hall–Kier alpha value is -2.87. The summed E-state index contributed by atoms with van der Waals surface area (Å²) in [6.07, 6.45) is -0.0209. The van der Waals surface area contributed by atoms with Crippen molar-refractivity contribution >= 4 is 40.6 Å². The van der Waals surface area contributed by atoms with Gasteiger partial charge in [-0.1, -0.05) is 18.2 Å². The van der Waals surface area contributed by atoms with Gasteiger partial charge in [0.1, 0.15) is 0 Å². The highest BCUT2D eigenvalue weighted by molar-refractivity contribution is 8.01. The quantitative estimate of drug-likeness (QED) is 0.645. The van der Waals surface area contributed by atoms with Crippen molar-refractivity contribution in [3.63, 3.8) is 0 Å². The molecule has 7 nitrogen and oxygen atoms in total. The molecule has 0 radical (unpaired) electrons. The van der Waals surface area contributed by atoms with Gasteiger partial charge in [0.15, 0.2) is 0 Å². The Labute approximate surface area is 148 Å². The molecule has 2 amide bonds. The molecule has 3 rings (SSSR count). The minimum atomic E-state index is -0.547. The normalized spacial score (nSPS) is 15.9. The molecule has 0 unspecified atom stereocenters. The number of nitro groups is 1. The van der Waals surface area contributed by atoms with Crippen LogP contribution in [0.1, 0.15) is 12.0 Å². The number of benzene rings is 2. The van der Waals surface area contributed by atoms with Gasteiger partial charge in [0.2, 0.25) is 11.8 Å². The summed E-state index contributed by atoms with van der Waals surface area (Å²) < 4.78 is 0. The molecule has 0 saturated carbocycles. The average Bonchev–Trinajstić information content (AvgIpc) is 2.57. The third kappa shape index (κ3) is 3.63. The second-order valence-electron chi connectivity index (χ2n) is 5.55. The summed E-state index contributed by atoms with van der Waals surface area (Å²) in [5.74, 6) is -0.592. The van der Waals surface area contributed by atoms with E-state index in [-0.39, 0.29) is 23.9 Å². The number of fused-ring (bicyclic) bond motifs is 1. The fourth-order valence-electron chi connectivity index (χ4n) is 2.55. The van der Waals surface area contributed by atoms with Gasteiger partial charge in [-0.15, -0.1) is 11.8 Å². The largest absolute Gasteiger partial charge is 0.326 e. The first-order chi connectivity index (χ1) is 12.0. The second kappa shape index (κ2) is 6.94. The summed E-state index contributed by atoms with van der Waals surface area (Å²) in [5.41, 5.74) is 1.44. The molecule has 0 bridgehead atoms. The Morgan fingerprint density at radius 2 is 2.04 bits per heavy atom. The molecule has 2 aromatic carbocycles. The minimum Gasteiger partial charge on any atom is -0.326 e. The molecule has 0 spiro atoms. The summed E-state index contributed by atoms with van der Waals surface area (Å²) in [6.45, 7) is 1.58. The number of anilines is 2. The van der Waals surface area contributed by atoms with Gasteiger partial charge in [0.25, 0.3) is 5.69 Å². The summed E-state index contributed by atoms with van der Waals surface area (Å²) in [4.78, 5) is 35.8. The van der Waals surface area contributed by atoms with E-state index in [1.54, 1.807) is 13.0 Å². The maximum Gasteiger partial charge on any atom is 0.274 e. The van der Waals surface area contributed by atoms with E-state index in [2.05, 4.69) is 10.6 Å². The maximum absolute atomic E-state index is 12.3. The highest BCUT2D eigenvalue weighted by atomic mass is 32.2. The lowest BCUT2D eigenvalue weighted by Gasteiger charge is -2.23. The third-order valence-corrected chi connectivity index (χ3v) is 5.13. The van der Waals surface area contributed by atoms with Gasteiger partial charge in [-0.2, -0.15) is 0 Å². The molecule has 8 heteroatoms. The van der Waals surface area contributed by atoms with Gasteiger partial charge >= 0.3 is 0 Å². The van der Waals surface area contributed by atoms with E-state index in [0.717, 1.165) is 10.6 Å². The molecule has 1 aliphatic rings. The van der Waals surface area contributed by atoms with Crippen LogP contribution >= 0.6 is 11.8 Å². The standard InChI is InChI=1S/C17H15N3O4S/c1-10-11(6-4-7-13(10)20(23)24)18-16(21)9-15-17(22)19-12-5-2-3-8-14(12)25-15/h2-8,15H,9H2,1H3,(H,18,21)(H,19,22)/t15-/m1/s1. The smallest absolute Gasteiger partial charge is 0.274 e. The Balaban J connectivity index is 1.71. The van der Waals surface area contributed by atoms with Crippen molar-refractivity contribution in [3.05, 3.63) is 58.1 Å². The van der Waals surface area contributed by atoms with E-state index < -0.39 is 10.2 Å². The van der Waals surface area contributed by atoms with Crippen LogP contribution in [-0.2, 0) is 9.59 Å². The first-order valence-corrected chi connectivity index (χ1v) is 8.44. The van der Waals surface area contributed by atoms with Crippen LogP contribution in [0.3, 0.4) is 0 Å². The molecule has 25 heavy (non-hydrogen) atoms. The molecule has 0 aliphatic carbocycles. The van der Waals surface area contributed by atoms with Crippen molar-refractivity contribution < 1.29 is 14.5 Å². The third-order valence-electron chi connectivity index (χ3n) is 3.85. The fourth-order valence-corrected chi connectivity index (χ4v) is 3.66. The molecule has 1 aliphatic heterocycles. The zero-order chi connectivity index (χ0) is 18.0. The number of amides is 2. The van der Waals surface area contributed by atoms with Crippen LogP contribution in [0, 0.1) is 17.0 Å². The van der Waals surface area contributed by atoms with Gasteiger partial charge in [-0.05, 0) is 25.1 Å². The molecule has 1 atom stereocenters. The average molecular weight is 357 g/mol. The van der Waals surface area contributed by atoms with Crippen LogP contribution in [0.4, 0.5) is 17.1 Å². The predicted octanol–water partition coefficient (Wildman–Crippen LogP) is 3.34. The molecule has 2 aromatic rings. The van der Waals surface area contributed by atoms with Gasteiger partial charge in [0.05, 0.1) is 27.1 Å². The van der Waals surface area contributed by atoms with E-state index in [1.165, 1.54) is 23.9 Å². The van der Waals surface area contributed by atoms with Crippen LogP contribution in [0.25, 0.3) is 0 Å². The molecular weight excluding hydrogens is 342 g/mol. The number of para-hydroxylation sites is 1. The first kappa shape index (κ1) is 17.0. The summed E-state index contributed by atoms with van der Waals surface area (Å²) in [5, 5.41) is 15.9. The van der Waals surface area contributed by atoms with E-state index >= 15 is 0 Å². The van der Waals surface area contributed by atoms with Crippen molar-refractivity contribution in [2.24, 2.45) is 0 Å². The number of nitro benzene ring substituents is 1. The van der Waals surface area contributed by atoms with E-state index in [9.17, 15) is 19.7 Å². The molecule has 0 fully saturated rings. The SMILES string of the molecule is Cc1c(NC(=O)C[C@H]2Sc3ccccc3NC2=O)cccc1[N+](=O)[O-]. The highest BCUT2D eigenvalue weighted by Gasteiger charge is 2.29. The molecular formula is C17H15N3O4S. The van der Waals surface area contributed by atoms with Crippen molar-refractivity contribution in [1.82, 2.24) is 0 Å². The molecule has 0 aromatic heterocycles. The number of rotatable bonds is 4. The molecule has 1 heterocycles. The number of carbonyl (C=O) groups is 2. The lowest BCUT2D eigenvalue weighted by atomic mass is 10.1. The van der Waals surface area contributed by atoms with Crippen molar-refractivity contribution in [3.8, 4) is 0 Å². The Morgan fingerprint density at radius 3 is 2.80 bits per heavy atom. The number of nitrogens with zero attached hydrogens (tertiary/aromatic N) is 1. The van der Waals surface area contributed by atoms with E-state index in [1.807, 2.05) is 24.3 Å². The van der Waals surface area contributed by atoms with Crippen LogP contribution in [0.15, 0.2) is 47.4 Å². The monoisotopic (exact) mass is 357 g/mol.